The van der Waals surface area contributed by atoms with Crippen LogP contribution in [0.2, 0.25) is 0 Å². The number of carbonyl (C=O) groups is 1. The molecule has 1 aliphatic rings. The fourth-order valence-corrected chi connectivity index (χ4v) is 5.10. The number of non-ortho nitro benzene ring substituents is 1. The van der Waals surface area contributed by atoms with Gasteiger partial charge >= 0.3 is 0 Å². The van der Waals surface area contributed by atoms with Crippen molar-refractivity contribution in [2.75, 3.05) is 43.9 Å². The zero-order chi connectivity index (χ0) is 23.5. The van der Waals surface area contributed by atoms with Crippen molar-refractivity contribution in [2.45, 2.75) is 17.7 Å². The number of hydrogen-bond acceptors (Lipinski definition) is 7. The number of hydrogen-bond donors (Lipinski definition) is 1. The molecule has 32 heavy (non-hydrogen) atoms. The van der Waals surface area contributed by atoms with E-state index in [1.165, 1.54) is 24.1 Å². The van der Waals surface area contributed by atoms with Crippen LogP contribution in [0.1, 0.15) is 12.8 Å². The van der Waals surface area contributed by atoms with Gasteiger partial charge in [0.05, 0.1) is 29.3 Å². The number of ether oxygens (including phenoxy) is 1. The van der Waals surface area contributed by atoms with Gasteiger partial charge in [-0.2, -0.15) is 0 Å². The second kappa shape index (κ2) is 9.43. The average Bonchev–Trinajstić information content (AvgIpc) is 2.78. The van der Waals surface area contributed by atoms with Gasteiger partial charge in [-0.15, -0.1) is 0 Å². The first-order chi connectivity index (χ1) is 15.1. The quantitative estimate of drug-likeness (QED) is 0.496. The van der Waals surface area contributed by atoms with Crippen LogP contribution in [0.4, 0.5) is 17.1 Å². The molecule has 0 bridgehead atoms. The predicted octanol–water partition coefficient (Wildman–Crippen LogP) is 2.71. The van der Waals surface area contributed by atoms with E-state index < -0.39 is 14.9 Å². The average molecular weight is 463 g/mol. The molecule has 0 spiro atoms. The number of sulfonamides is 1. The normalized spacial score (nSPS) is 16.3. The van der Waals surface area contributed by atoms with Crippen LogP contribution < -0.4 is 14.4 Å². The van der Waals surface area contributed by atoms with Crippen LogP contribution in [0.5, 0.6) is 5.75 Å². The molecule has 1 saturated heterocycles. The Bertz CT molecular complexity index is 1120. The molecular weight excluding hydrogens is 436 g/mol. The molecule has 1 atom stereocenters. The lowest BCUT2D eigenvalue weighted by Gasteiger charge is -2.35. The summed E-state index contributed by atoms with van der Waals surface area (Å²) in [5, 5.41) is 11.3. The van der Waals surface area contributed by atoms with Gasteiger partial charge in [0.1, 0.15) is 10.6 Å². The van der Waals surface area contributed by atoms with Crippen molar-refractivity contribution in [3.05, 3.63) is 52.6 Å². The number of nitro benzene ring substituents is 1. The maximum atomic E-state index is 13.3. The molecular formula is C21H26N4O6S. The van der Waals surface area contributed by atoms with Crippen molar-refractivity contribution < 1.29 is 22.9 Å². The van der Waals surface area contributed by atoms with E-state index in [0.29, 0.717) is 37.4 Å². The third-order valence-corrected chi connectivity index (χ3v) is 6.74. The molecule has 2 aromatic carbocycles. The van der Waals surface area contributed by atoms with Crippen molar-refractivity contribution in [1.82, 2.24) is 4.90 Å². The maximum absolute atomic E-state index is 13.3. The molecule has 2 aromatic rings. The third kappa shape index (κ3) is 4.93. The predicted molar refractivity (Wildman–Crippen MR) is 121 cm³/mol. The molecule has 1 unspecified atom stereocenters. The van der Waals surface area contributed by atoms with Crippen molar-refractivity contribution >= 4 is 33.0 Å². The van der Waals surface area contributed by atoms with Crippen LogP contribution in [0.25, 0.3) is 0 Å². The van der Waals surface area contributed by atoms with Crippen LogP contribution in [0.3, 0.4) is 0 Å². The van der Waals surface area contributed by atoms with E-state index in [1.807, 2.05) is 0 Å². The summed E-state index contributed by atoms with van der Waals surface area (Å²) < 4.78 is 34.4. The van der Waals surface area contributed by atoms with E-state index in [9.17, 15) is 23.3 Å². The number of carbonyl (C=O) groups excluding carboxylic acids is 1. The Morgan fingerprint density at radius 1 is 1.25 bits per heavy atom. The van der Waals surface area contributed by atoms with E-state index in [0.717, 1.165) is 6.07 Å². The Morgan fingerprint density at radius 3 is 2.62 bits per heavy atom. The zero-order valence-electron chi connectivity index (χ0n) is 18.1. The Balaban J connectivity index is 2.03. The van der Waals surface area contributed by atoms with Crippen LogP contribution in [0.15, 0.2) is 47.4 Å². The molecule has 0 radical (unpaired) electrons. The number of benzene rings is 2. The van der Waals surface area contributed by atoms with E-state index in [-0.39, 0.29) is 28.1 Å². The summed E-state index contributed by atoms with van der Waals surface area (Å²) in [5.41, 5.74) is 0.188. The first-order valence-electron chi connectivity index (χ1n) is 10.0. The standard InChI is InChI=1S/C21H26N4O6S/c1-23(2)21(26)15-7-6-12-24(14-15)18-11-10-16(25(27)28)13-20(18)32(29,30)22-17-8-4-5-9-19(17)31-3/h4-5,8-11,13,15,22H,6-7,12,14H2,1-3H3. The monoisotopic (exact) mass is 462 g/mol. The van der Waals surface area contributed by atoms with Gasteiger partial charge in [-0.05, 0) is 31.0 Å². The van der Waals surface area contributed by atoms with Crippen molar-refractivity contribution in [3.63, 3.8) is 0 Å². The summed E-state index contributed by atoms with van der Waals surface area (Å²) in [5.74, 6) is -0.00231. The lowest BCUT2D eigenvalue weighted by atomic mass is 9.96. The largest absolute Gasteiger partial charge is 0.495 e. The van der Waals surface area contributed by atoms with Crippen LogP contribution in [-0.4, -0.2) is 58.4 Å². The smallest absolute Gasteiger partial charge is 0.270 e. The number of piperidine rings is 1. The van der Waals surface area contributed by atoms with Crippen LogP contribution in [-0.2, 0) is 14.8 Å². The zero-order valence-corrected chi connectivity index (χ0v) is 19.0. The fraction of sp³-hybridized carbons (Fsp3) is 0.381. The summed E-state index contributed by atoms with van der Waals surface area (Å²) in [6, 6.07) is 10.2. The summed E-state index contributed by atoms with van der Waals surface area (Å²) >= 11 is 0. The van der Waals surface area contributed by atoms with Gasteiger partial charge in [-0.1, -0.05) is 12.1 Å². The fourth-order valence-electron chi connectivity index (χ4n) is 3.78. The van der Waals surface area contributed by atoms with Gasteiger partial charge in [0.2, 0.25) is 5.91 Å². The molecule has 1 fully saturated rings. The minimum atomic E-state index is -4.21. The molecule has 172 valence electrons. The Labute approximate surface area is 187 Å². The topological polar surface area (TPSA) is 122 Å². The summed E-state index contributed by atoms with van der Waals surface area (Å²) in [6.07, 6.45) is 1.39. The van der Waals surface area contributed by atoms with Gasteiger partial charge in [0.25, 0.3) is 15.7 Å². The molecule has 10 nitrogen and oxygen atoms in total. The number of nitro groups is 1. The van der Waals surface area contributed by atoms with Crippen LogP contribution >= 0.6 is 0 Å². The van der Waals surface area contributed by atoms with E-state index in [1.54, 1.807) is 43.3 Å². The van der Waals surface area contributed by atoms with Gasteiger partial charge in [0, 0.05) is 39.3 Å². The number of para-hydroxylation sites is 2. The summed E-state index contributed by atoms with van der Waals surface area (Å²) in [4.78, 5) is 26.3. The Hall–Kier alpha value is -3.34. The molecule has 1 heterocycles. The number of nitrogens with zero attached hydrogens (tertiary/aromatic N) is 3. The van der Waals surface area contributed by atoms with E-state index in [2.05, 4.69) is 4.72 Å². The molecule has 1 aliphatic heterocycles. The highest BCUT2D eigenvalue weighted by Gasteiger charge is 2.31. The first-order valence-corrected chi connectivity index (χ1v) is 11.5. The minimum Gasteiger partial charge on any atom is -0.495 e. The molecule has 1 N–H and O–H groups in total. The summed E-state index contributed by atoms with van der Waals surface area (Å²) in [6.45, 7) is 0.859. The van der Waals surface area contributed by atoms with Crippen LogP contribution in [0, 0.1) is 16.0 Å². The molecule has 1 amide bonds. The second-order valence-corrected chi connectivity index (χ2v) is 9.38. The molecule has 0 aliphatic carbocycles. The first kappa shape index (κ1) is 23.3. The van der Waals surface area contributed by atoms with Gasteiger partial charge < -0.3 is 14.5 Å². The van der Waals surface area contributed by atoms with Crippen molar-refractivity contribution in [2.24, 2.45) is 5.92 Å². The summed E-state index contributed by atoms with van der Waals surface area (Å²) in [7, 11) is 0.572. The highest BCUT2D eigenvalue weighted by Crippen LogP contribution is 2.35. The van der Waals surface area contributed by atoms with E-state index >= 15 is 0 Å². The molecule has 0 aromatic heterocycles. The maximum Gasteiger partial charge on any atom is 0.270 e. The molecule has 11 heteroatoms. The SMILES string of the molecule is COc1ccccc1NS(=O)(=O)c1cc([N+](=O)[O-])ccc1N1CCCC(C(=O)N(C)C)C1. The number of anilines is 2. The molecule has 0 saturated carbocycles. The lowest BCUT2D eigenvalue weighted by molar-refractivity contribution is -0.385. The van der Waals surface area contributed by atoms with E-state index in [4.69, 9.17) is 4.74 Å². The minimum absolute atomic E-state index is 0.0341. The number of nitrogens with one attached hydrogen (secondary N) is 1. The second-order valence-electron chi connectivity index (χ2n) is 7.73. The van der Waals surface area contributed by atoms with Gasteiger partial charge in [0.15, 0.2) is 0 Å². The highest BCUT2D eigenvalue weighted by molar-refractivity contribution is 7.93. The van der Waals surface area contributed by atoms with Crippen molar-refractivity contribution in [1.29, 1.82) is 0 Å². The Kier molecular flexibility index (Phi) is 6.87. The number of methoxy groups -OCH3 is 1. The number of amides is 1. The molecule has 3 rings (SSSR count). The Morgan fingerprint density at radius 2 is 1.97 bits per heavy atom. The highest BCUT2D eigenvalue weighted by atomic mass is 32.2. The van der Waals surface area contributed by atoms with Gasteiger partial charge in [-0.25, -0.2) is 8.42 Å². The number of rotatable bonds is 7. The third-order valence-electron chi connectivity index (χ3n) is 5.35. The lowest BCUT2D eigenvalue weighted by Crippen LogP contribution is -2.43. The van der Waals surface area contributed by atoms with Crippen molar-refractivity contribution in [3.8, 4) is 5.75 Å². The van der Waals surface area contributed by atoms with Gasteiger partial charge in [-0.3, -0.25) is 19.6 Å².